The molecule has 0 radical (unpaired) electrons. The molecule has 2 aliphatic heterocycles. The molecular weight excluding hydrogens is 370 g/mol. The third kappa shape index (κ3) is 4.66. The molecule has 2 aliphatic rings. The van der Waals surface area contributed by atoms with Gasteiger partial charge >= 0.3 is 5.97 Å². The van der Waals surface area contributed by atoms with Crippen molar-refractivity contribution in [1.29, 1.82) is 0 Å². The minimum atomic E-state index is -0.882. The van der Waals surface area contributed by atoms with Gasteiger partial charge in [-0.1, -0.05) is 0 Å². The van der Waals surface area contributed by atoms with Crippen molar-refractivity contribution in [2.45, 2.75) is 32.1 Å². The first-order valence-corrected chi connectivity index (χ1v) is 9.60. The molecule has 2 heterocycles. The van der Waals surface area contributed by atoms with Crippen molar-refractivity contribution < 1.29 is 28.3 Å². The van der Waals surface area contributed by atoms with Gasteiger partial charge in [-0.05, 0) is 43.7 Å². The molecule has 0 saturated carbocycles. The van der Waals surface area contributed by atoms with E-state index in [0.29, 0.717) is 57.9 Å². The Hall–Kier alpha value is -2.51. The highest BCUT2D eigenvalue weighted by Gasteiger charge is 2.33. The number of carboxylic acids is 1. The number of hydrogen-bond donors (Lipinski definition) is 1. The van der Waals surface area contributed by atoms with Gasteiger partial charge < -0.3 is 14.9 Å². The van der Waals surface area contributed by atoms with Crippen molar-refractivity contribution in [3.63, 3.8) is 0 Å². The fourth-order valence-corrected chi connectivity index (χ4v) is 4.03. The number of nitrogens with zero attached hydrogens (tertiary/aromatic N) is 2. The fourth-order valence-electron chi connectivity index (χ4n) is 4.03. The first-order chi connectivity index (χ1) is 13.3. The van der Waals surface area contributed by atoms with Crippen LogP contribution in [0.15, 0.2) is 18.2 Å². The minimum Gasteiger partial charge on any atom is -0.481 e. The van der Waals surface area contributed by atoms with E-state index in [1.807, 2.05) is 0 Å². The highest BCUT2D eigenvalue weighted by molar-refractivity contribution is 5.94. The van der Waals surface area contributed by atoms with Gasteiger partial charge in [-0.3, -0.25) is 14.4 Å². The molecule has 0 unspecified atom stereocenters. The zero-order valence-electron chi connectivity index (χ0n) is 15.6. The van der Waals surface area contributed by atoms with Crippen LogP contribution in [0, 0.1) is 23.5 Å². The molecule has 1 N–H and O–H groups in total. The predicted molar refractivity (Wildman–Crippen MR) is 96.5 cm³/mol. The Labute approximate surface area is 162 Å². The predicted octanol–water partition coefficient (Wildman–Crippen LogP) is 2.53. The second-order valence-corrected chi connectivity index (χ2v) is 7.56. The van der Waals surface area contributed by atoms with E-state index < -0.39 is 23.5 Å². The zero-order chi connectivity index (χ0) is 20.3. The van der Waals surface area contributed by atoms with Crippen LogP contribution in [0.2, 0.25) is 0 Å². The van der Waals surface area contributed by atoms with Crippen LogP contribution in [0.3, 0.4) is 0 Å². The molecule has 3 rings (SSSR count). The Kier molecular flexibility index (Phi) is 6.26. The third-order valence-corrected chi connectivity index (χ3v) is 5.68. The van der Waals surface area contributed by atoms with Gasteiger partial charge in [0.1, 0.15) is 11.6 Å². The van der Waals surface area contributed by atoms with Gasteiger partial charge in [-0.2, -0.15) is 0 Å². The van der Waals surface area contributed by atoms with E-state index in [9.17, 15) is 23.2 Å². The lowest BCUT2D eigenvalue weighted by atomic mass is 9.90. The van der Waals surface area contributed by atoms with Crippen LogP contribution in [0.1, 0.15) is 42.5 Å². The molecule has 6 nitrogen and oxygen atoms in total. The molecule has 2 amide bonds. The quantitative estimate of drug-likeness (QED) is 0.851. The van der Waals surface area contributed by atoms with E-state index in [4.69, 9.17) is 5.11 Å². The van der Waals surface area contributed by atoms with Crippen LogP contribution >= 0.6 is 0 Å². The summed E-state index contributed by atoms with van der Waals surface area (Å²) >= 11 is 0. The number of aliphatic carboxylic acids is 1. The fraction of sp³-hybridized carbons (Fsp3) is 0.550. The summed E-state index contributed by atoms with van der Waals surface area (Å²) in [6, 6.07) is 2.89. The van der Waals surface area contributed by atoms with E-state index in [1.165, 1.54) is 4.90 Å². The first-order valence-electron chi connectivity index (χ1n) is 9.60. The molecule has 0 aromatic heterocycles. The molecule has 1 aromatic rings. The van der Waals surface area contributed by atoms with E-state index >= 15 is 0 Å². The maximum absolute atomic E-state index is 13.8. The van der Waals surface area contributed by atoms with Crippen molar-refractivity contribution in [3.8, 4) is 0 Å². The van der Waals surface area contributed by atoms with Gasteiger partial charge in [0.2, 0.25) is 5.91 Å². The molecule has 28 heavy (non-hydrogen) atoms. The molecule has 0 atom stereocenters. The van der Waals surface area contributed by atoms with Crippen molar-refractivity contribution in [3.05, 3.63) is 35.4 Å². The molecule has 2 saturated heterocycles. The summed E-state index contributed by atoms with van der Waals surface area (Å²) in [5.74, 6) is -2.92. The van der Waals surface area contributed by atoms with Crippen LogP contribution in [0.25, 0.3) is 0 Å². The van der Waals surface area contributed by atoms with Crippen LogP contribution < -0.4 is 0 Å². The summed E-state index contributed by atoms with van der Waals surface area (Å²) in [6.07, 6.45) is 2.53. The number of likely N-dealkylation sites (tertiary alicyclic amines) is 2. The summed E-state index contributed by atoms with van der Waals surface area (Å²) in [7, 11) is 0. The molecule has 0 aliphatic carbocycles. The average molecular weight is 394 g/mol. The Morgan fingerprint density at radius 3 is 2.14 bits per heavy atom. The Bertz CT molecular complexity index is 755. The highest BCUT2D eigenvalue weighted by atomic mass is 19.1. The van der Waals surface area contributed by atoms with Crippen molar-refractivity contribution in [2.24, 2.45) is 11.8 Å². The number of carboxylic acid groups (broad SMARTS) is 1. The van der Waals surface area contributed by atoms with Crippen molar-refractivity contribution in [1.82, 2.24) is 9.80 Å². The number of carbonyl (C=O) groups excluding carboxylic acids is 2. The maximum Gasteiger partial charge on any atom is 0.303 e. The molecule has 8 heteroatoms. The third-order valence-electron chi connectivity index (χ3n) is 5.68. The summed E-state index contributed by atoms with van der Waals surface area (Å²) in [5.41, 5.74) is -0.160. The summed E-state index contributed by atoms with van der Waals surface area (Å²) in [6.45, 7) is 1.83. The van der Waals surface area contributed by atoms with Gasteiger partial charge in [-0.25, -0.2) is 8.78 Å². The minimum absolute atomic E-state index is 0.0498. The highest BCUT2D eigenvalue weighted by Crippen LogP contribution is 2.26. The molecule has 152 valence electrons. The zero-order valence-corrected chi connectivity index (χ0v) is 15.6. The largest absolute Gasteiger partial charge is 0.481 e. The Balaban J connectivity index is 1.50. The number of benzene rings is 1. The lowest BCUT2D eigenvalue weighted by molar-refractivity contribution is -0.140. The summed E-state index contributed by atoms with van der Waals surface area (Å²) in [5, 5.41) is 8.87. The number of carbonyl (C=O) groups is 3. The van der Waals surface area contributed by atoms with Gasteiger partial charge in [0.05, 0.1) is 5.56 Å². The monoisotopic (exact) mass is 394 g/mol. The number of rotatable bonds is 4. The van der Waals surface area contributed by atoms with Crippen molar-refractivity contribution in [2.75, 3.05) is 26.2 Å². The van der Waals surface area contributed by atoms with E-state index in [1.54, 1.807) is 4.90 Å². The standard InChI is InChI=1S/C20H24F2N2O4/c21-15-1-2-16(17(22)12-15)20(28)24-9-5-14(6-10-24)19(27)23-7-3-13(4-8-23)11-18(25)26/h1-2,12-14H,3-11H2,(H,25,26). The van der Waals surface area contributed by atoms with Gasteiger partial charge in [0.15, 0.2) is 0 Å². The second kappa shape index (κ2) is 8.67. The van der Waals surface area contributed by atoms with Crippen LogP contribution in [0.4, 0.5) is 8.78 Å². The molecule has 0 spiro atoms. The lowest BCUT2D eigenvalue weighted by Gasteiger charge is -2.37. The number of hydrogen-bond acceptors (Lipinski definition) is 3. The number of piperidine rings is 2. The van der Waals surface area contributed by atoms with E-state index in [2.05, 4.69) is 0 Å². The van der Waals surface area contributed by atoms with Gasteiger partial charge in [0.25, 0.3) is 5.91 Å². The normalized spacial score (nSPS) is 18.9. The molecular formula is C20H24F2N2O4. The first kappa shape index (κ1) is 20.2. The Morgan fingerprint density at radius 2 is 1.57 bits per heavy atom. The van der Waals surface area contributed by atoms with Crippen molar-refractivity contribution >= 4 is 17.8 Å². The average Bonchev–Trinajstić information content (AvgIpc) is 2.67. The Morgan fingerprint density at radius 1 is 0.964 bits per heavy atom. The summed E-state index contributed by atoms with van der Waals surface area (Å²) < 4.78 is 26.8. The maximum atomic E-state index is 13.8. The second-order valence-electron chi connectivity index (χ2n) is 7.56. The lowest BCUT2D eigenvalue weighted by Crippen LogP contribution is -2.46. The van der Waals surface area contributed by atoms with Crippen LogP contribution in [0.5, 0.6) is 0 Å². The van der Waals surface area contributed by atoms with E-state index in [-0.39, 0.29) is 29.7 Å². The molecule has 2 fully saturated rings. The summed E-state index contributed by atoms with van der Waals surface area (Å²) in [4.78, 5) is 39.3. The molecule has 1 aromatic carbocycles. The topological polar surface area (TPSA) is 77.9 Å². The van der Waals surface area contributed by atoms with E-state index in [0.717, 1.165) is 12.1 Å². The smallest absolute Gasteiger partial charge is 0.303 e. The van der Waals surface area contributed by atoms with Crippen LogP contribution in [-0.2, 0) is 9.59 Å². The van der Waals surface area contributed by atoms with Crippen LogP contribution in [-0.4, -0.2) is 58.9 Å². The van der Waals surface area contributed by atoms with Gasteiger partial charge in [0, 0.05) is 44.6 Å². The number of halogens is 2. The SMILES string of the molecule is O=C(O)CC1CCN(C(=O)C2CCN(C(=O)c3ccc(F)cc3F)CC2)CC1. The molecule has 0 bridgehead atoms. The van der Waals surface area contributed by atoms with Gasteiger partial charge in [-0.15, -0.1) is 0 Å². The number of amides is 2.